The molecule has 0 N–H and O–H groups in total. The number of aromatic nitrogens is 4. The Morgan fingerprint density at radius 2 is 1.89 bits per heavy atom. The van der Waals surface area contributed by atoms with Crippen LogP contribution in [-0.2, 0) is 0 Å². The van der Waals surface area contributed by atoms with Crippen molar-refractivity contribution in [1.82, 2.24) is 19.6 Å². The molecule has 0 aliphatic carbocycles. The van der Waals surface area contributed by atoms with E-state index >= 15 is 0 Å². The van der Waals surface area contributed by atoms with Gasteiger partial charge in [-0.15, -0.1) is 5.10 Å². The summed E-state index contributed by atoms with van der Waals surface area (Å²) in [5.41, 5.74) is 2.05. The van der Waals surface area contributed by atoms with Gasteiger partial charge in [-0.3, -0.25) is 0 Å². The smallest absolute Gasteiger partial charge is 0.199 e. The van der Waals surface area contributed by atoms with Crippen molar-refractivity contribution in [2.24, 2.45) is 0 Å². The van der Waals surface area contributed by atoms with E-state index in [1.165, 1.54) is 10.6 Å². The highest BCUT2D eigenvalue weighted by molar-refractivity contribution is 6.33. The molecule has 0 atom stereocenters. The molecule has 90 valence electrons. The van der Waals surface area contributed by atoms with Crippen molar-refractivity contribution in [3.05, 3.63) is 46.2 Å². The van der Waals surface area contributed by atoms with Crippen LogP contribution in [0.2, 0.25) is 10.3 Å². The summed E-state index contributed by atoms with van der Waals surface area (Å²) in [4.78, 5) is 8.42. The van der Waals surface area contributed by atoms with Gasteiger partial charge in [0.2, 0.25) is 0 Å². The van der Waals surface area contributed by atoms with Crippen LogP contribution in [0.1, 0.15) is 5.56 Å². The number of halogens is 2. The van der Waals surface area contributed by atoms with Crippen molar-refractivity contribution >= 4 is 29.0 Å². The molecule has 18 heavy (non-hydrogen) atoms. The van der Waals surface area contributed by atoms with Gasteiger partial charge in [-0.1, -0.05) is 47.5 Å². The first-order chi connectivity index (χ1) is 8.65. The van der Waals surface area contributed by atoms with Crippen molar-refractivity contribution in [3.8, 4) is 11.4 Å². The molecule has 2 aromatic heterocycles. The molecule has 0 bridgehead atoms. The Morgan fingerprint density at radius 1 is 1.11 bits per heavy atom. The molecule has 0 saturated carbocycles. The molecule has 0 unspecified atom stereocenters. The lowest BCUT2D eigenvalue weighted by Crippen LogP contribution is -1.92. The van der Waals surface area contributed by atoms with Crippen LogP contribution in [0, 0.1) is 6.92 Å². The Balaban J connectivity index is 2.26. The van der Waals surface area contributed by atoms with Gasteiger partial charge in [0.25, 0.3) is 5.78 Å². The molecule has 0 aliphatic heterocycles. The fourth-order valence-electron chi connectivity index (χ4n) is 1.74. The highest BCUT2D eigenvalue weighted by Crippen LogP contribution is 2.22. The van der Waals surface area contributed by atoms with Crippen LogP contribution in [-0.4, -0.2) is 19.6 Å². The molecular weight excluding hydrogens is 271 g/mol. The van der Waals surface area contributed by atoms with Crippen LogP contribution < -0.4 is 0 Å². The van der Waals surface area contributed by atoms with Gasteiger partial charge >= 0.3 is 0 Å². The second kappa shape index (κ2) is 4.23. The maximum Gasteiger partial charge on any atom is 0.255 e. The Kier molecular flexibility index (Phi) is 2.69. The second-order valence-electron chi connectivity index (χ2n) is 3.86. The lowest BCUT2D eigenvalue weighted by Gasteiger charge is -1.98. The van der Waals surface area contributed by atoms with Crippen molar-refractivity contribution < 1.29 is 0 Å². The third kappa shape index (κ3) is 1.83. The first-order valence-electron chi connectivity index (χ1n) is 5.30. The van der Waals surface area contributed by atoms with Gasteiger partial charge in [-0.2, -0.15) is 14.5 Å². The molecule has 0 saturated heterocycles. The normalized spacial score (nSPS) is 11.1. The third-order valence-corrected chi connectivity index (χ3v) is 3.09. The van der Waals surface area contributed by atoms with E-state index in [-0.39, 0.29) is 0 Å². The molecule has 0 fully saturated rings. The Morgan fingerprint density at radius 3 is 2.67 bits per heavy atom. The van der Waals surface area contributed by atoms with Crippen molar-refractivity contribution in [1.29, 1.82) is 0 Å². The predicted octanol–water partition coefficient (Wildman–Crippen LogP) is 3.41. The number of hydrogen-bond donors (Lipinski definition) is 0. The lowest BCUT2D eigenvalue weighted by molar-refractivity contribution is 0.943. The number of fused-ring (bicyclic) bond motifs is 1. The van der Waals surface area contributed by atoms with Gasteiger partial charge < -0.3 is 0 Å². The Labute approximate surface area is 113 Å². The summed E-state index contributed by atoms with van der Waals surface area (Å²) < 4.78 is 1.47. The van der Waals surface area contributed by atoms with Gasteiger partial charge in [-0.05, 0) is 12.5 Å². The summed E-state index contributed by atoms with van der Waals surface area (Å²) in [5, 5.41) is 5.03. The zero-order valence-electron chi connectivity index (χ0n) is 9.43. The van der Waals surface area contributed by atoms with Crippen LogP contribution in [0.4, 0.5) is 0 Å². The summed E-state index contributed by atoms with van der Waals surface area (Å²) >= 11 is 11.9. The standard InChI is InChI=1S/C12H8Cl2N4/c1-7-4-2-3-5-8(7)11-16-12-15-9(13)6-10(14)18(12)17-11/h2-6H,1H3. The molecule has 0 radical (unpaired) electrons. The van der Waals surface area contributed by atoms with E-state index in [0.29, 0.717) is 21.9 Å². The van der Waals surface area contributed by atoms with E-state index in [1.807, 2.05) is 31.2 Å². The average molecular weight is 279 g/mol. The van der Waals surface area contributed by atoms with E-state index in [1.54, 1.807) is 0 Å². The molecule has 0 spiro atoms. The first-order valence-corrected chi connectivity index (χ1v) is 6.05. The SMILES string of the molecule is Cc1ccccc1-c1nc2nc(Cl)cc(Cl)n2n1. The van der Waals surface area contributed by atoms with Crippen LogP contribution in [0.15, 0.2) is 30.3 Å². The van der Waals surface area contributed by atoms with Gasteiger partial charge in [0, 0.05) is 11.6 Å². The fourth-order valence-corrected chi connectivity index (χ4v) is 2.20. The van der Waals surface area contributed by atoms with E-state index in [0.717, 1.165) is 11.1 Å². The minimum atomic E-state index is 0.302. The number of aryl methyl sites for hydroxylation is 1. The topological polar surface area (TPSA) is 43.1 Å². The van der Waals surface area contributed by atoms with E-state index in [9.17, 15) is 0 Å². The van der Waals surface area contributed by atoms with E-state index in [4.69, 9.17) is 23.2 Å². The largest absolute Gasteiger partial charge is 0.255 e. The minimum absolute atomic E-state index is 0.302. The maximum absolute atomic E-state index is 6.04. The first kappa shape index (κ1) is 11.4. The number of hydrogen-bond acceptors (Lipinski definition) is 3. The number of rotatable bonds is 1. The van der Waals surface area contributed by atoms with Gasteiger partial charge in [-0.25, -0.2) is 0 Å². The highest BCUT2D eigenvalue weighted by atomic mass is 35.5. The van der Waals surface area contributed by atoms with Crippen molar-refractivity contribution in [2.45, 2.75) is 6.92 Å². The van der Waals surface area contributed by atoms with Crippen molar-refractivity contribution in [2.75, 3.05) is 0 Å². The van der Waals surface area contributed by atoms with Crippen LogP contribution >= 0.6 is 23.2 Å². The summed E-state index contributed by atoms with van der Waals surface area (Å²) in [5.74, 6) is 0.982. The van der Waals surface area contributed by atoms with E-state index < -0.39 is 0 Å². The zero-order valence-corrected chi connectivity index (χ0v) is 10.9. The monoisotopic (exact) mass is 278 g/mol. The Bertz CT molecular complexity index is 736. The fraction of sp³-hybridized carbons (Fsp3) is 0.0833. The molecule has 6 heteroatoms. The summed E-state index contributed by atoms with van der Waals surface area (Å²) in [6.07, 6.45) is 0. The van der Waals surface area contributed by atoms with Crippen molar-refractivity contribution in [3.63, 3.8) is 0 Å². The zero-order chi connectivity index (χ0) is 12.7. The van der Waals surface area contributed by atoms with Gasteiger partial charge in [0.1, 0.15) is 10.3 Å². The average Bonchev–Trinajstić information content (AvgIpc) is 2.73. The predicted molar refractivity (Wildman–Crippen MR) is 71.0 cm³/mol. The van der Waals surface area contributed by atoms with Crippen LogP contribution in [0.3, 0.4) is 0 Å². The molecule has 1 aromatic carbocycles. The molecule has 2 heterocycles. The summed E-state index contributed by atoms with van der Waals surface area (Å²) in [6, 6.07) is 9.40. The van der Waals surface area contributed by atoms with Gasteiger partial charge in [0.05, 0.1) is 0 Å². The summed E-state index contributed by atoms with van der Waals surface area (Å²) in [7, 11) is 0. The number of benzene rings is 1. The molecule has 0 amide bonds. The Hall–Kier alpha value is -1.65. The molecule has 0 aliphatic rings. The number of nitrogens with zero attached hydrogens (tertiary/aromatic N) is 4. The highest BCUT2D eigenvalue weighted by Gasteiger charge is 2.11. The van der Waals surface area contributed by atoms with Gasteiger partial charge in [0.15, 0.2) is 5.82 Å². The van der Waals surface area contributed by atoms with Crippen LogP contribution in [0.25, 0.3) is 17.2 Å². The molecular formula is C12H8Cl2N4. The lowest BCUT2D eigenvalue weighted by atomic mass is 10.1. The minimum Gasteiger partial charge on any atom is -0.199 e. The quantitative estimate of drug-likeness (QED) is 0.641. The molecule has 3 rings (SSSR count). The maximum atomic E-state index is 6.04. The molecule has 4 nitrogen and oxygen atoms in total. The second-order valence-corrected chi connectivity index (χ2v) is 4.64. The van der Waals surface area contributed by atoms with E-state index in [2.05, 4.69) is 15.1 Å². The summed E-state index contributed by atoms with van der Waals surface area (Å²) in [6.45, 7) is 2.00. The third-order valence-electron chi connectivity index (χ3n) is 2.62. The molecule has 3 aromatic rings. The van der Waals surface area contributed by atoms with Crippen LogP contribution in [0.5, 0.6) is 0 Å².